The summed E-state index contributed by atoms with van der Waals surface area (Å²) >= 11 is 0. The Hall–Kier alpha value is -1.56. The fourth-order valence-corrected chi connectivity index (χ4v) is 10.4. The van der Waals surface area contributed by atoms with Gasteiger partial charge in [0.25, 0.3) is 0 Å². The Morgan fingerprint density at radius 3 is 1.71 bits per heavy atom. The molecule has 51 heavy (non-hydrogen) atoms. The third kappa shape index (κ3) is 15.4. The molecule has 4 unspecified atom stereocenters. The van der Waals surface area contributed by atoms with Crippen LogP contribution in [-0.2, 0) is 11.8 Å². The molecule has 0 amide bonds. The van der Waals surface area contributed by atoms with Crippen LogP contribution in [0.3, 0.4) is 0 Å². The molecule has 4 saturated carbocycles. The third-order valence-corrected chi connectivity index (χ3v) is 13.9. The molecule has 0 spiro atoms. The van der Waals surface area contributed by atoms with E-state index in [2.05, 4.69) is 90.1 Å². The van der Waals surface area contributed by atoms with E-state index >= 15 is 0 Å². The second-order valence-electron chi connectivity index (χ2n) is 19.1. The van der Waals surface area contributed by atoms with E-state index in [9.17, 15) is 0 Å². The van der Waals surface area contributed by atoms with Crippen molar-refractivity contribution in [1.29, 1.82) is 0 Å². The van der Waals surface area contributed by atoms with Crippen LogP contribution in [0, 0.1) is 36.5 Å². The predicted molar refractivity (Wildman–Crippen MR) is 227 cm³/mol. The Morgan fingerprint density at radius 1 is 0.569 bits per heavy atom. The Bertz CT molecular complexity index is 1150. The van der Waals surface area contributed by atoms with Crippen molar-refractivity contribution < 1.29 is 0 Å². The van der Waals surface area contributed by atoms with Gasteiger partial charge >= 0.3 is 0 Å². The molecule has 0 heterocycles. The first-order chi connectivity index (χ1) is 24.7. The van der Waals surface area contributed by atoms with Gasteiger partial charge in [0.15, 0.2) is 0 Å². The summed E-state index contributed by atoms with van der Waals surface area (Å²) in [5, 5.41) is 0. The summed E-state index contributed by atoms with van der Waals surface area (Å²) < 4.78 is 0. The van der Waals surface area contributed by atoms with Gasteiger partial charge in [-0.05, 0) is 96.6 Å². The zero-order valence-corrected chi connectivity index (χ0v) is 35.0. The van der Waals surface area contributed by atoms with E-state index in [0.29, 0.717) is 0 Å². The molecule has 0 heteroatoms. The monoisotopic (exact) mass is 697 g/mol. The Morgan fingerprint density at radius 2 is 1.12 bits per heavy atom. The minimum Gasteiger partial charge on any atom is -0.0654 e. The van der Waals surface area contributed by atoms with E-state index in [1.165, 1.54) is 170 Å². The molecular formula is C51H84. The van der Waals surface area contributed by atoms with E-state index in [0.717, 1.165) is 23.7 Å². The SMILES string of the molecule is C1CC2CCCC2C1.CC1CCCCC2CCC(c3cccc(C(C)(C)C)c3)CC12.CCCCCCCCCCCCCCc1ccc(C)cc1. The first-order valence-electron chi connectivity index (χ1n) is 22.9. The fourth-order valence-electron chi connectivity index (χ4n) is 10.4. The molecule has 288 valence electrons. The molecule has 4 fully saturated rings. The number of unbranched alkanes of at least 4 members (excludes halogenated alkanes) is 11. The average molecular weight is 697 g/mol. The van der Waals surface area contributed by atoms with Crippen molar-refractivity contribution in [3.05, 3.63) is 70.8 Å². The highest BCUT2D eigenvalue weighted by Gasteiger charge is 2.35. The number of fused-ring (bicyclic) bond motifs is 2. The maximum absolute atomic E-state index is 2.52. The first-order valence-corrected chi connectivity index (χ1v) is 22.9. The molecule has 0 bridgehead atoms. The predicted octanol–water partition coefficient (Wildman–Crippen LogP) is 16.5. The van der Waals surface area contributed by atoms with E-state index in [-0.39, 0.29) is 5.41 Å². The Kier molecular flexibility index (Phi) is 19.3. The van der Waals surface area contributed by atoms with Gasteiger partial charge in [-0.2, -0.15) is 0 Å². The van der Waals surface area contributed by atoms with Crippen LogP contribution in [0.25, 0.3) is 0 Å². The molecule has 0 nitrogen and oxygen atoms in total. The molecule has 4 atom stereocenters. The quantitative estimate of drug-likeness (QED) is 0.173. The smallest absolute Gasteiger partial charge is 0.0132 e. The van der Waals surface area contributed by atoms with Gasteiger partial charge in [0.05, 0.1) is 0 Å². The molecule has 6 rings (SSSR count). The minimum absolute atomic E-state index is 0.267. The molecule has 0 aromatic heterocycles. The normalized spacial score (nSPS) is 25.8. The molecule has 0 N–H and O–H groups in total. The fraction of sp³-hybridized carbons (Fsp3) is 0.765. The van der Waals surface area contributed by atoms with Gasteiger partial charge in [-0.1, -0.05) is 224 Å². The lowest BCUT2D eigenvalue weighted by atomic mass is 9.67. The van der Waals surface area contributed by atoms with Gasteiger partial charge < -0.3 is 0 Å². The highest BCUT2D eigenvalue weighted by Crippen LogP contribution is 2.48. The van der Waals surface area contributed by atoms with Crippen molar-refractivity contribution in [2.24, 2.45) is 29.6 Å². The van der Waals surface area contributed by atoms with E-state index in [4.69, 9.17) is 0 Å². The Balaban J connectivity index is 0.000000188. The van der Waals surface area contributed by atoms with Gasteiger partial charge in [-0.15, -0.1) is 0 Å². The van der Waals surface area contributed by atoms with Crippen LogP contribution >= 0.6 is 0 Å². The maximum Gasteiger partial charge on any atom is -0.0132 e. The number of hydrogen-bond donors (Lipinski definition) is 0. The summed E-state index contributed by atoms with van der Waals surface area (Å²) in [5.74, 6) is 6.12. The highest BCUT2D eigenvalue weighted by atomic mass is 14.4. The summed E-state index contributed by atoms with van der Waals surface area (Å²) in [6.45, 7) is 14.0. The zero-order valence-electron chi connectivity index (χ0n) is 35.0. The minimum atomic E-state index is 0.267. The van der Waals surface area contributed by atoms with Crippen LogP contribution in [0.5, 0.6) is 0 Å². The molecule has 0 saturated heterocycles. The molecule has 4 aliphatic rings. The van der Waals surface area contributed by atoms with Gasteiger partial charge in [0, 0.05) is 0 Å². The van der Waals surface area contributed by atoms with Gasteiger partial charge in [-0.3, -0.25) is 0 Å². The number of benzene rings is 2. The first kappa shape index (κ1) is 42.2. The third-order valence-electron chi connectivity index (χ3n) is 13.9. The van der Waals surface area contributed by atoms with Crippen molar-refractivity contribution >= 4 is 0 Å². The summed E-state index contributed by atoms with van der Waals surface area (Å²) in [6, 6.07) is 18.5. The molecule has 0 aliphatic heterocycles. The number of aryl methyl sites for hydroxylation is 2. The van der Waals surface area contributed by atoms with Crippen LogP contribution in [0.15, 0.2) is 48.5 Å². The van der Waals surface area contributed by atoms with Crippen molar-refractivity contribution in [2.45, 2.75) is 220 Å². The summed E-state index contributed by atoms with van der Waals surface area (Å²) in [7, 11) is 0. The van der Waals surface area contributed by atoms with Crippen molar-refractivity contribution in [3.63, 3.8) is 0 Å². The van der Waals surface area contributed by atoms with Crippen molar-refractivity contribution in [2.75, 3.05) is 0 Å². The number of hydrogen-bond acceptors (Lipinski definition) is 0. The molecule has 0 radical (unpaired) electrons. The maximum atomic E-state index is 2.52. The summed E-state index contributed by atoms with van der Waals surface area (Å²) in [4.78, 5) is 0. The lowest BCUT2D eigenvalue weighted by molar-refractivity contribution is 0.157. The highest BCUT2D eigenvalue weighted by molar-refractivity contribution is 5.31. The molecule has 2 aromatic rings. The van der Waals surface area contributed by atoms with Gasteiger partial charge in [-0.25, -0.2) is 0 Å². The molecule has 4 aliphatic carbocycles. The molecule has 2 aromatic carbocycles. The second-order valence-corrected chi connectivity index (χ2v) is 19.1. The summed E-state index contributed by atoms with van der Waals surface area (Å²) in [6.07, 6.45) is 38.0. The van der Waals surface area contributed by atoms with Crippen LogP contribution in [0.4, 0.5) is 0 Å². The van der Waals surface area contributed by atoms with E-state index < -0.39 is 0 Å². The van der Waals surface area contributed by atoms with Gasteiger partial charge in [0.2, 0.25) is 0 Å². The van der Waals surface area contributed by atoms with E-state index in [1.807, 2.05) is 0 Å². The van der Waals surface area contributed by atoms with Crippen molar-refractivity contribution in [1.82, 2.24) is 0 Å². The van der Waals surface area contributed by atoms with Crippen LogP contribution in [0.2, 0.25) is 0 Å². The second kappa shape index (κ2) is 23.3. The average Bonchev–Trinajstić information content (AvgIpc) is 3.73. The lowest BCUT2D eigenvalue weighted by Gasteiger charge is -2.39. The summed E-state index contributed by atoms with van der Waals surface area (Å²) in [5.41, 5.74) is 6.26. The van der Waals surface area contributed by atoms with E-state index in [1.54, 1.807) is 31.2 Å². The Labute approximate surface area is 319 Å². The van der Waals surface area contributed by atoms with Crippen LogP contribution < -0.4 is 0 Å². The molecular weight excluding hydrogens is 613 g/mol. The largest absolute Gasteiger partial charge is 0.0654 e. The van der Waals surface area contributed by atoms with Crippen LogP contribution in [0.1, 0.15) is 223 Å². The topological polar surface area (TPSA) is 0 Å². The van der Waals surface area contributed by atoms with Gasteiger partial charge in [0.1, 0.15) is 0 Å². The standard InChI is InChI=1S/C22H34.C21H36.C8H14/c1-16-8-5-6-9-17-12-13-19(15-21(16)17)18-10-7-11-20(14-18)22(2,3)4;1-3-4-5-6-7-8-9-10-11-12-13-14-15-21-18-16-20(2)17-19-21;1-3-7-5-2-6-8(7)4-1/h7,10-11,14,16-17,19,21H,5-6,8-9,12-13,15H2,1-4H3;16-19H,3-15H2,1-2H3;7-8H,1-6H2. The number of rotatable bonds is 14. The lowest BCUT2D eigenvalue weighted by Crippen LogP contribution is -2.27. The van der Waals surface area contributed by atoms with Crippen LogP contribution in [-0.4, -0.2) is 0 Å². The van der Waals surface area contributed by atoms with Crippen molar-refractivity contribution in [3.8, 4) is 0 Å². The zero-order chi connectivity index (χ0) is 36.3.